The first-order chi connectivity index (χ1) is 11.6. The number of fused-ring (bicyclic) bond motifs is 1. The van der Waals surface area contributed by atoms with Gasteiger partial charge in [0.1, 0.15) is 11.6 Å². The van der Waals surface area contributed by atoms with Gasteiger partial charge in [-0.25, -0.2) is 9.59 Å². The summed E-state index contributed by atoms with van der Waals surface area (Å²) in [5, 5.41) is 2.76. The summed E-state index contributed by atoms with van der Waals surface area (Å²) < 4.78 is 10.3. The summed E-state index contributed by atoms with van der Waals surface area (Å²) in [6, 6.07) is -0.669. The minimum Gasteiger partial charge on any atom is -0.467 e. The molecule has 1 N–H and O–H groups in total. The smallest absolute Gasteiger partial charge is 0.411 e. The molecule has 1 fully saturated rings. The summed E-state index contributed by atoms with van der Waals surface area (Å²) in [4.78, 5) is 37.4. The Balaban J connectivity index is 2.24. The standard InChI is InChI=1S/C18H26N2O5/c1-11(21)19-14-7-6-12-9-15(16(22)24-5)20(10-13(12)8-14)17(23)25-18(2,3)4/h7-8,12,15H,6,9-10H2,1-5H3,(H,19,21). The fourth-order valence-electron chi connectivity index (χ4n) is 3.09. The van der Waals surface area contributed by atoms with Crippen molar-refractivity contribution in [1.29, 1.82) is 0 Å². The monoisotopic (exact) mass is 350 g/mol. The molecule has 2 rings (SSSR count). The lowest BCUT2D eigenvalue weighted by Crippen LogP contribution is -2.53. The zero-order valence-electron chi connectivity index (χ0n) is 15.4. The molecule has 2 unspecified atom stereocenters. The predicted octanol–water partition coefficient (Wildman–Crippen LogP) is 2.14. The molecule has 0 aromatic heterocycles. The van der Waals surface area contributed by atoms with Crippen molar-refractivity contribution in [2.24, 2.45) is 5.92 Å². The van der Waals surface area contributed by atoms with E-state index in [4.69, 9.17) is 9.47 Å². The van der Waals surface area contributed by atoms with E-state index < -0.39 is 23.7 Å². The van der Waals surface area contributed by atoms with E-state index in [1.165, 1.54) is 18.9 Å². The van der Waals surface area contributed by atoms with Crippen molar-refractivity contribution in [3.8, 4) is 0 Å². The van der Waals surface area contributed by atoms with Crippen molar-refractivity contribution in [2.45, 2.75) is 52.2 Å². The first-order valence-electron chi connectivity index (χ1n) is 8.36. The van der Waals surface area contributed by atoms with Gasteiger partial charge in [0, 0.05) is 19.2 Å². The summed E-state index contributed by atoms with van der Waals surface area (Å²) in [6.07, 6.45) is 4.45. The van der Waals surface area contributed by atoms with E-state index in [1.54, 1.807) is 20.8 Å². The quantitative estimate of drug-likeness (QED) is 0.771. The molecule has 0 bridgehead atoms. The number of piperidine rings is 1. The van der Waals surface area contributed by atoms with E-state index in [2.05, 4.69) is 5.32 Å². The number of nitrogens with zero attached hydrogens (tertiary/aromatic N) is 1. The van der Waals surface area contributed by atoms with Gasteiger partial charge >= 0.3 is 12.1 Å². The van der Waals surface area contributed by atoms with Crippen molar-refractivity contribution in [2.75, 3.05) is 13.7 Å². The molecule has 138 valence electrons. The highest BCUT2D eigenvalue weighted by Gasteiger charge is 2.41. The van der Waals surface area contributed by atoms with Crippen LogP contribution in [0, 0.1) is 5.92 Å². The largest absolute Gasteiger partial charge is 0.467 e. The van der Waals surface area contributed by atoms with Crippen LogP contribution in [0.1, 0.15) is 40.5 Å². The maximum absolute atomic E-state index is 12.6. The summed E-state index contributed by atoms with van der Waals surface area (Å²) in [5.74, 6) is -0.448. The average molecular weight is 350 g/mol. The molecule has 1 heterocycles. The van der Waals surface area contributed by atoms with Crippen LogP contribution >= 0.6 is 0 Å². The van der Waals surface area contributed by atoms with Crippen molar-refractivity contribution < 1.29 is 23.9 Å². The fourth-order valence-corrected chi connectivity index (χ4v) is 3.09. The lowest BCUT2D eigenvalue weighted by molar-refractivity contribution is -0.148. The molecule has 0 radical (unpaired) electrons. The zero-order valence-corrected chi connectivity index (χ0v) is 15.4. The van der Waals surface area contributed by atoms with Crippen molar-refractivity contribution in [1.82, 2.24) is 10.2 Å². The minimum atomic E-state index is -0.669. The van der Waals surface area contributed by atoms with Gasteiger partial charge in [-0.15, -0.1) is 0 Å². The van der Waals surface area contributed by atoms with E-state index in [0.717, 1.165) is 11.3 Å². The van der Waals surface area contributed by atoms with Crippen LogP contribution in [-0.4, -0.2) is 48.2 Å². The number of carbonyl (C=O) groups excluding carboxylic acids is 3. The number of ether oxygens (including phenoxy) is 2. The molecule has 0 spiro atoms. The molecular formula is C18H26N2O5. The minimum absolute atomic E-state index is 0.139. The molecule has 7 nitrogen and oxygen atoms in total. The van der Waals surface area contributed by atoms with Crippen LogP contribution in [0.15, 0.2) is 23.4 Å². The van der Waals surface area contributed by atoms with E-state index in [0.29, 0.717) is 12.8 Å². The average Bonchev–Trinajstić information content (AvgIpc) is 2.50. The van der Waals surface area contributed by atoms with Gasteiger partial charge < -0.3 is 14.8 Å². The van der Waals surface area contributed by atoms with Gasteiger partial charge in [0.25, 0.3) is 0 Å². The van der Waals surface area contributed by atoms with Crippen LogP contribution in [0.5, 0.6) is 0 Å². The SMILES string of the molecule is COC(=O)C1CC2CC=C(NC(C)=O)C=C2CN1C(=O)OC(C)(C)C. The number of hydrogen-bond acceptors (Lipinski definition) is 5. The Hall–Kier alpha value is -2.31. The molecule has 2 atom stereocenters. The Kier molecular flexibility index (Phi) is 5.55. The maximum Gasteiger partial charge on any atom is 0.411 e. The van der Waals surface area contributed by atoms with Crippen LogP contribution in [0.3, 0.4) is 0 Å². The molecular weight excluding hydrogens is 324 g/mol. The van der Waals surface area contributed by atoms with Gasteiger partial charge in [0.15, 0.2) is 0 Å². The molecule has 0 aromatic carbocycles. The van der Waals surface area contributed by atoms with Gasteiger partial charge in [-0.05, 0) is 51.2 Å². The summed E-state index contributed by atoms with van der Waals surface area (Å²) in [6.45, 7) is 7.07. The second kappa shape index (κ2) is 7.29. The number of allylic oxidation sites excluding steroid dienone is 2. The molecule has 1 aliphatic carbocycles. The second-order valence-electron chi connectivity index (χ2n) is 7.38. The molecule has 2 aliphatic rings. The number of rotatable bonds is 2. The Labute approximate surface area is 148 Å². The normalized spacial score (nSPS) is 23.0. The lowest BCUT2D eigenvalue weighted by atomic mass is 9.81. The van der Waals surface area contributed by atoms with E-state index in [-0.39, 0.29) is 18.4 Å². The summed E-state index contributed by atoms with van der Waals surface area (Å²) in [7, 11) is 1.32. The topological polar surface area (TPSA) is 84.9 Å². The predicted molar refractivity (Wildman–Crippen MR) is 91.5 cm³/mol. The van der Waals surface area contributed by atoms with E-state index >= 15 is 0 Å². The first kappa shape index (κ1) is 19.0. The number of nitrogens with one attached hydrogen (secondary N) is 1. The van der Waals surface area contributed by atoms with Crippen LogP contribution in [0.2, 0.25) is 0 Å². The van der Waals surface area contributed by atoms with Crippen molar-refractivity contribution >= 4 is 18.0 Å². The highest BCUT2D eigenvalue weighted by Crippen LogP contribution is 2.35. The Bertz CT molecular complexity index is 630. The maximum atomic E-state index is 12.6. The third-order valence-corrected chi connectivity index (χ3v) is 4.15. The molecule has 1 saturated heterocycles. The van der Waals surface area contributed by atoms with Gasteiger partial charge in [-0.3, -0.25) is 9.69 Å². The molecule has 7 heteroatoms. The Morgan fingerprint density at radius 3 is 2.52 bits per heavy atom. The van der Waals surface area contributed by atoms with Gasteiger partial charge in [-0.2, -0.15) is 0 Å². The number of methoxy groups -OCH3 is 1. The number of carbonyl (C=O) groups is 3. The highest BCUT2D eigenvalue weighted by atomic mass is 16.6. The third kappa shape index (κ3) is 4.84. The number of hydrogen-bond donors (Lipinski definition) is 1. The number of likely N-dealkylation sites (tertiary alicyclic amines) is 1. The molecule has 0 aromatic rings. The molecule has 0 saturated carbocycles. The van der Waals surface area contributed by atoms with Crippen molar-refractivity contribution in [3.63, 3.8) is 0 Å². The zero-order chi connectivity index (χ0) is 18.8. The Morgan fingerprint density at radius 2 is 1.96 bits per heavy atom. The van der Waals surface area contributed by atoms with Crippen LogP contribution in [0.25, 0.3) is 0 Å². The van der Waals surface area contributed by atoms with Gasteiger partial charge in [0.05, 0.1) is 7.11 Å². The van der Waals surface area contributed by atoms with E-state index in [1.807, 2.05) is 12.2 Å². The van der Waals surface area contributed by atoms with Crippen LogP contribution < -0.4 is 5.32 Å². The van der Waals surface area contributed by atoms with Crippen molar-refractivity contribution in [3.05, 3.63) is 23.4 Å². The molecule has 2 amide bonds. The highest BCUT2D eigenvalue weighted by molar-refractivity contribution is 5.82. The molecule has 25 heavy (non-hydrogen) atoms. The van der Waals surface area contributed by atoms with Crippen LogP contribution in [-0.2, 0) is 19.1 Å². The third-order valence-electron chi connectivity index (χ3n) is 4.15. The van der Waals surface area contributed by atoms with Gasteiger partial charge in [0.2, 0.25) is 5.91 Å². The first-order valence-corrected chi connectivity index (χ1v) is 8.36. The number of esters is 1. The summed E-state index contributed by atoms with van der Waals surface area (Å²) >= 11 is 0. The Morgan fingerprint density at radius 1 is 1.28 bits per heavy atom. The van der Waals surface area contributed by atoms with Crippen LogP contribution in [0.4, 0.5) is 4.79 Å². The molecule has 1 aliphatic heterocycles. The van der Waals surface area contributed by atoms with Gasteiger partial charge in [-0.1, -0.05) is 6.08 Å². The number of amides is 2. The lowest BCUT2D eigenvalue weighted by Gasteiger charge is -2.40. The fraction of sp³-hybridized carbons (Fsp3) is 0.611. The van der Waals surface area contributed by atoms with E-state index in [9.17, 15) is 14.4 Å². The second-order valence-corrected chi connectivity index (χ2v) is 7.38. The summed E-state index contributed by atoms with van der Waals surface area (Å²) in [5.41, 5.74) is 1.06.